The van der Waals surface area contributed by atoms with Crippen molar-refractivity contribution in [3.05, 3.63) is 0 Å². The van der Waals surface area contributed by atoms with Crippen molar-refractivity contribution in [3.8, 4) is 6.07 Å². The average molecular weight is 197 g/mol. The van der Waals surface area contributed by atoms with Gasteiger partial charge in [0.2, 0.25) is 0 Å². The second kappa shape index (κ2) is 3.50. The molecule has 4 heteroatoms. The highest BCUT2D eigenvalue weighted by Crippen LogP contribution is 2.49. The molecule has 0 aromatic heterocycles. The first-order valence-electron chi connectivity index (χ1n) is 5.02. The molecule has 1 aliphatic carbocycles. The summed E-state index contributed by atoms with van der Waals surface area (Å²) in [5.41, 5.74) is -1.73. The van der Waals surface area contributed by atoms with Gasteiger partial charge < -0.3 is 14.6 Å². The predicted molar refractivity (Wildman–Crippen MR) is 48.5 cm³/mol. The fraction of sp³-hybridized carbons (Fsp3) is 0.900. The van der Waals surface area contributed by atoms with E-state index in [1.807, 2.05) is 0 Å². The van der Waals surface area contributed by atoms with Crippen LogP contribution in [0.1, 0.15) is 19.3 Å². The zero-order chi connectivity index (χ0) is 10.1. The molecule has 1 saturated heterocycles. The SMILES string of the molecule is N#CC1(C2(O)COCCOC2)CCC1. The third kappa shape index (κ3) is 1.33. The highest BCUT2D eigenvalue weighted by molar-refractivity contribution is 5.16. The van der Waals surface area contributed by atoms with Crippen molar-refractivity contribution >= 4 is 0 Å². The van der Waals surface area contributed by atoms with Crippen molar-refractivity contribution in [1.82, 2.24) is 0 Å². The van der Waals surface area contributed by atoms with E-state index in [2.05, 4.69) is 6.07 Å². The summed E-state index contributed by atoms with van der Waals surface area (Å²) in [5, 5.41) is 19.5. The Labute approximate surface area is 83.4 Å². The maximum absolute atomic E-state index is 10.3. The van der Waals surface area contributed by atoms with Crippen molar-refractivity contribution in [2.75, 3.05) is 26.4 Å². The Kier molecular flexibility index (Phi) is 2.48. The molecule has 0 bridgehead atoms. The van der Waals surface area contributed by atoms with Gasteiger partial charge in [0.25, 0.3) is 0 Å². The zero-order valence-corrected chi connectivity index (χ0v) is 8.16. The number of nitriles is 1. The smallest absolute Gasteiger partial charge is 0.130 e. The van der Waals surface area contributed by atoms with Crippen molar-refractivity contribution in [1.29, 1.82) is 5.26 Å². The Morgan fingerprint density at radius 3 is 2.07 bits per heavy atom. The molecule has 0 radical (unpaired) electrons. The summed E-state index contributed by atoms with van der Waals surface area (Å²) in [5.74, 6) is 0. The van der Waals surface area contributed by atoms with Gasteiger partial charge in [0, 0.05) is 0 Å². The molecule has 2 fully saturated rings. The Morgan fingerprint density at radius 2 is 1.71 bits per heavy atom. The van der Waals surface area contributed by atoms with Crippen LogP contribution in [-0.4, -0.2) is 37.1 Å². The molecule has 1 aliphatic heterocycles. The van der Waals surface area contributed by atoms with Gasteiger partial charge >= 0.3 is 0 Å². The highest BCUT2D eigenvalue weighted by Gasteiger charge is 2.55. The van der Waals surface area contributed by atoms with E-state index in [4.69, 9.17) is 14.7 Å². The van der Waals surface area contributed by atoms with Crippen LogP contribution in [0, 0.1) is 16.7 Å². The number of hydrogen-bond donors (Lipinski definition) is 1. The fourth-order valence-electron chi connectivity index (χ4n) is 2.13. The molecule has 0 atom stereocenters. The minimum atomic E-state index is -1.10. The number of nitrogens with zero attached hydrogens (tertiary/aromatic N) is 1. The predicted octanol–water partition coefficient (Wildman–Crippen LogP) is 0.458. The van der Waals surface area contributed by atoms with Crippen LogP contribution in [0.15, 0.2) is 0 Å². The minimum Gasteiger partial charge on any atom is -0.383 e. The van der Waals surface area contributed by atoms with Gasteiger partial charge in [0.15, 0.2) is 0 Å². The molecule has 14 heavy (non-hydrogen) atoms. The monoisotopic (exact) mass is 197 g/mol. The van der Waals surface area contributed by atoms with Gasteiger partial charge in [0.05, 0.1) is 37.9 Å². The van der Waals surface area contributed by atoms with E-state index in [1.165, 1.54) is 0 Å². The second-order valence-corrected chi connectivity index (χ2v) is 4.18. The summed E-state index contributed by atoms with van der Waals surface area (Å²) >= 11 is 0. The van der Waals surface area contributed by atoms with Gasteiger partial charge in [-0.25, -0.2) is 0 Å². The van der Waals surface area contributed by atoms with Gasteiger partial charge in [-0.05, 0) is 12.8 Å². The standard InChI is InChI=1S/C10H15NO3/c11-6-9(2-1-3-9)10(12)7-13-4-5-14-8-10/h12H,1-5,7-8H2. The van der Waals surface area contributed by atoms with Crippen LogP contribution in [0.4, 0.5) is 0 Å². The topological polar surface area (TPSA) is 62.5 Å². The molecule has 0 amide bonds. The van der Waals surface area contributed by atoms with Crippen LogP contribution >= 0.6 is 0 Å². The van der Waals surface area contributed by atoms with E-state index in [0.29, 0.717) is 13.2 Å². The Morgan fingerprint density at radius 1 is 1.14 bits per heavy atom. The zero-order valence-electron chi connectivity index (χ0n) is 8.16. The van der Waals surface area contributed by atoms with Crippen LogP contribution in [0.5, 0.6) is 0 Å². The molecule has 0 spiro atoms. The van der Waals surface area contributed by atoms with Gasteiger partial charge in [-0.2, -0.15) is 5.26 Å². The molecular weight excluding hydrogens is 182 g/mol. The molecule has 2 aliphatic rings. The van der Waals surface area contributed by atoms with Crippen LogP contribution in [0.2, 0.25) is 0 Å². The van der Waals surface area contributed by atoms with E-state index >= 15 is 0 Å². The molecule has 1 saturated carbocycles. The summed E-state index contributed by atoms with van der Waals surface area (Å²) in [6.45, 7) is 1.45. The summed E-state index contributed by atoms with van der Waals surface area (Å²) in [4.78, 5) is 0. The summed E-state index contributed by atoms with van der Waals surface area (Å²) < 4.78 is 10.5. The van der Waals surface area contributed by atoms with Crippen LogP contribution in [0.25, 0.3) is 0 Å². The first-order valence-corrected chi connectivity index (χ1v) is 5.02. The maximum Gasteiger partial charge on any atom is 0.130 e. The molecule has 1 N–H and O–H groups in total. The van der Waals surface area contributed by atoms with Gasteiger partial charge in [0.1, 0.15) is 5.60 Å². The van der Waals surface area contributed by atoms with Crippen LogP contribution in [-0.2, 0) is 9.47 Å². The van der Waals surface area contributed by atoms with Gasteiger partial charge in [-0.3, -0.25) is 0 Å². The number of hydrogen-bond acceptors (Lipinski definition) is 4. The summed E-state index contributed by atoms with van der Waals surface area (Å²) in [6.07, 6.45) is 2.52. The molecule has 2 rings (SSSR count). The lowest BCUT2D eigenvalue weighted by Gasteiger charge is -2.47. The summed E-state index contributed by atoms with van der Waals surface area (Å²) in [6, 6.07) is 2.24. The molecule has 0 unspecified atom stereocenters. The minimum absolute atomic E-state index is 0.223. The van der Waals surface area contributed by atoms with Gasteiger partial charge in [-0.1, -0.05) is 6.42 Å². The first kappa shape index (κ1) is 9.91. The Bertz CT molecular complexity index is 247. The number of aliphatic hydroxyl groups is 1. The van der Waals surface area contributed by atoms with Gasteiger partial charge in [-0.15, -0.1) is 0 Å². The molecule has 1 heterocycles. The van der Waals surface area contributed by atoms with Crippen molar-refractivity contribution < 1.29 is 14.6 Å². The molecule has 0 aromatic carbocycles. The number of rotatable bonds is 1. The van der Waals surface area contributed by atoms with E-state index < -0.39 is 11.0 Å². The third-order valence-electron chi connectivity index (χ3n) is 3.37. The van der Waals surface area contributed by atoms with Crippen molar-refractivity contribution in [3.63, 3.8) is 0 Å². The first-order chi connectivity index (χ1) is 6.72. The molecule has 78 valence electrons. The lowest BCUT2D eigenvalue weighted by Crippen LogP contribution is -2.57. The largest absolute Gasteiger partial charge is 0.383 e. The lowest BCUT2D eigenvalue weighted by atomic mass is 9.60. The van der Waals surface area contributed by atoms with Crippen LogP contribution in [0.3, 0.4) is 0 Å². The maximum atomic E-state index is 10.3. The van der Waals surface area contributed by atoms with Crippen molar-refractivity contribution in [2.24, 2.45) is 5.41 Å². The fourth-order valence-corrected chi connectivity index (χ4v) is 2.13. The lowest BCUT2D eigenvalue weighted by molar-refractivity contribution is -0.148. The van der Waals surface area contributed by atoms with Crippen LogP contribution < -0.4 is 0 Å². The molecule has 4 nitrogen and oxygen atoms in total. The van der Waals surface area contributed by atoms with E-state index in [-0.39, 0.29) is 13.2 Å². The Balaban J connectivity index is 2.16. The third-order valence-corrected chi connectivity index (χ3v) is 3.37. The number of ether oxygens (including phenoxy) is 2. The molecule has 0 aromatic rings. The van der Waals surface area contributed by atoms with E-state index in [0.717, 1.165) is 19.3 Å². The quantitative estimate of drug-likeness (QED) is 0.663. The van der Waals surface area contributed by atoms with Crippen molar-refractivity contribution in [2.45, 2.75) is 24.9 Å². The molecular formula is C10H15NO3. The average Bonchev–Trinajstić information content (AvgIpc) is 2.30. The normalized spacial score (nSPS) is 29.7. The highest BCUT2D eigenvalue weighted by atomic mass is 16.6. The Hall–Kier alpha value is -0.630. The van der Waals surface area contributed by atoms with E-state index in [1.54, 1.807) is 0 Å². The second-order valence-electron chi connectivity index (χ2n) is 4.18. The van der Waals surface area contributed by atoms with E-state index in [9.17, 15) is 5.11 Å². The summed E-state index contributed by atoms with van der Waals surface area (Å²) in [7, 11) is 0.